The largest absolute Gasteiger partial charge is 0.416 e. The van der Waals surface area contributed by atoms with Crippen LogP contribution in [0.4, 0.5) is 19.1 Å². The lowest BCUT2D eigenvalue weighted by molar-refractivity contribution is -0.137. The summed E-state index contributed by atoms with van der Waals surface area (Å²) in [5, 5.41) is 0. The van der Waals surface area contributed by atoms with Crippen molar-refractivity contribution in [2.45, 2.75) is 19.0 Å². The molecular weight excluding hydrogens is 391 g/mol. The fourth-order valence-electron chi connectivity index (χ4n) is 3.71. The number of nitrogens with zero attached hydrogens (tertiary/aromatic N) is 3. The molecule has 1 aromatic heterocycles. The third-order valence-electron chi connectivity index (χ3n) is 5.42. The van der Waals surface area contributed by atoms with Crippen molar-refractivity contribution in [3.05, 3.63) is 78.1 Å². The summed E-state index contributed by atoms with van der Waals surface area (Å²) in [7, 11) is 0. The van der Waals surface area contributed by atoms with Crippen molar-refractivity contribution in [3.8, 4) is 11.1 Å². The van der Waals surface area contributed by atoms with Crippen molar-refractivity contribution < 1.29 is 18.0 Å². The van der Waals surface area contributed by atoms with Crippen LogP contribution in [0.15, 0.2) is 67.0 Å². The molecule has 4 nitrogen and oxygen atoms in total. The highest BCUT2D eigenvalue weighted by Gasteiger charge is 2.30. The van der Waals surface area contributed by atoms with Crippen LogP contribution in [0.3, 0.4) is 0 Å². The molecule has 0 spiro atoms. The number of aromatic nitrogens is 2. The lowest BCUT2D eigenvalue weighted by Gasteiger charge is -2.31. The van der Waals surface area contributed by atoms with E-state index in [1.807, 2.05) is 0 Å². The van der Waals surface area contributed by atoms with E-state index >= 15 is 0 Å². The first-order valence-corrected chi connectivity index (χ1v) is 9.76. The van der Waals surface area contributed by atoms with Crippen molar-refractivity contribution in [2.75, 3.05) is 18.0 Å². The lowest BCUT2D eigenvalue weighted by atomic mass is 9.88. The molecule has 3 aromatic rings. The number of hydrogen-bond acceptors (Lipinski definition) is 4. The van der Waals surface area contributed by atoms with Crippen LogP contribution < -0.4 is 4.90 Å². The number of rotatable bonds is 4. The first-order valence-electron chi connectivity index (χ1n) is 9.76. The normalized spacial score (nSPS) is 15.2. The van der Waals surface area contributed by atoms with Crippen LogP contribution >= 0.6 is 0 Å². The van der Waals surface area contributed by atoms with E-state index in [0.29, 0.717) is 17.1 Å². The van der Waals surface area contributed by atoms with Gasteiger partial charge in [0.05, 0.1) is 5.56 Å². The predicted octanol–water partition coefficient (Wildman–Crippen LogP) is 5.26. The van der Waals surface area contributed by atoms with Gasteiger partial charge in [0, 0.05) is 37.0 Å². The molecular formula is C23H20F3N3O. The number of benzene rings is 2. The minimum absolute atomic E-state index is 0.0538. The molecule has 1 saturated heterocycles. The van der Waals surface area contributed by atoms with Gasteiger partial charge in [-0.2, -0.15) is 13.2 Å². The highest BCUT2D eigenvalue weighted by atomic mass is 19.4. The van der Waals surface area contributed by atoms with Crippen molar-refractivity contribution in [2.24, 2.45) is 5.92 Å². The molecule has 1 fully saturated rings. The minimum atomic E-state index is -4.35. The molecule has 0 radical (unpaired) electrons. The molecule has 1 aliphatic rings. The van der Waals surface area contributed by atoms with Crippen LogP contribution in [0, 0.1) is 5.92 Å². The molecule has 0 N–H and O–H groups in total. The molecule has 0 bridgehead atoms. The van der Waals surface area contributed by atoms with Crippen molar-refractivity contribution in [1.29, 1.82) is 0 Å². The highest BCUT2D eigenvalue weighted by Crippen LogP contribution is 2.31. The summed E-state index contributed by atoms with van der Waals surface area (Å²) in [6.45, 7) is 1.45. The number of Topliss-reactive ketones (excluding diaryl/α,β-unsaturated/α-hetero) is 1. The Balaban J connectivity index is 1.40. The molecule has 30 heavy (non-hydrogen) atoms. The maximum Gasteiger partial charge on any atom is 0.416 e. The highest BCUT2D eigenvalue weighted by molar-refractivity contribution is 5.98. The van der Waals surface area contributed by atoms with Crippen LogP contribution in [-0.4, -0.2) is 28.8 Å². The predicted molar refractivity (Wildman–Crippen MR) is 108 cm³/mol. The number of anilines is 1. The SMILES string of the molecule is O=C(c1ccc(-c2ccc(C(F)(F)F)cc2)cc1)C1CCN(c2ncccn2)CC1. The van der Waals surface area contributed by atoms with E-state index in [0.717, 1.165) is 43.6 Å². The Labute approximate surface area is 172 Å². The number of alkyl halides is 3. The van der Waals surface area contributed by atoms with Crippen molar-refractivity contribution in [3.63, 3.8) is 0 Å². The summed E-state index contributed by atoms with van der Waals surface area (Å²) in [5.74, 6) is 0.730. The molecule has 2 heterocycles. The van der Waals surface area contributed by atoms with Crippen LogP contribution in [0.25, 0.3) is 11.1 Å². The van der Waals surface area contributed by atoms with E-state index in [1.54, 1.807) is 42.7 Å². The molecule has 2 aromatic carbocycles. The van der Waals surface area contributed by atoms with Crippen LogP contribution in [-0.2, 0) is 6.18 Å². The van der Waals surface area contributed by atoms with E-state index in [2.05, 4.69) is 14.9 Å². The van der Waals surface area contributed by atoms with Crippen molar-refractivity contribution in [1.82, 2.24) is 9.97 Å². The van der Waals surface area contributed by atoms with Gasteiger partial charge < -0.3 is 4.90 Å². The van der Waals surface area contributed by atoms with Gasteiger partial charge in [0.15, 0.2) is 5.78 Å². The van der Waals surface area contributed by atoms with E-state index in [4.69, 9.17) is 0 Å². The Bertz CT molecular complexity index is 995. The van der Waals surface area contributed by atoms with Gasteiger partial charge in [-0.05, 0) is 42.2 Å². The summed E-state index contributed by atoms with van der Waals surface area (Å²) in [6.07, 6.45) is 0.530. The average Bonchev–Trinajstić information content (AvgIpc) is 2.79. The third kappa shape index (κ3) is 4.35. The summed E-state index contributed by atoms with van der Waals surface area (Å²) < 4.78 is 38.1. The quantitative estimate of drug-likeness (QED) is 0.550. The maximum absolute atomic E-state index is 12.9. The van der Waals surface area contributed by atoms with Gasteiger partial charge in [0.1, 0.15) is 0 Å². The lowest BCUT2D eigenvalue weighted by Crippen LogP contribution is -2.37. The summed E-state index contributed by atoms with van der Waals surface area (Å²) >= 11 is 0. The zero-order chi connectivity index (χ0) is 21.1. The number of hydrogen-bond donors (Lipinski definition) is 0. The zero-order valence-electron chi connectivity index (χ0n) is 16.1. The summed E-state index contributed by atoms with van der Waals surface area (Å²) in [5.41, 5.74) is 1.40. The first kappa shape index (κ1) is 20.1. The third-order valence-corrected chi connectivity index (χ3v) is 5.42. The molecule has 4 rings (SSSR count). The van der Waals surface area contributed by atoms with Gasteiger partial charge in [-0.3, -0.25) is 4.79 Å². The number of piperidine rings is 1. The van der Waals surface area contributed by atoms with Crippen LogP contribution in [0.1, 0.15) is 28.8 Å². The molecule has 1 aliphatic heterocycles. The van der Waals surface area contributed by atoms with E-state index in [9.17, 15) is 18.0 Å². The molecule has 154 valence electrons. The van der Waals surface area contributed by atoms with Gasteiger partial charge in [-0.25, -0.2) is 9.97 Å². The summed E-state index contributed by atoms with van der Waals surface area (Å²) in [4.78, 5) is 23.5. The van der Waals surface area contributed by atoms with Gasteiger partial charge >= 0.3 is 6.18 Å². The second kappa shape index (κ2) is 8.26. The Hall–Kier alpha value is -3.22. The van der Waals surface area contributed by atoms with E-state index < -0.39 is 11.7 Å². The number of halogens is 3. The molecule has 0 atom stereocenters. The number of carbonyl (C=O) groups is 1. The second-order valence-corrected chi connectivity index (χ2v) is 7.33. The van der Waals surface area contributed by atoms with E-state index in [1.165, 1.54) is 12.1 Å². The Morgan fingerprint density at radius 3 is 1.93 bits per heavy atom. The van der Waals surface area contributed by atoms with Gasteiger partial charge in [-0.1, -0.05) is 36.4 Å². The van der Waals surface area contributed by atoms with Gasteiger partial charge in [0.25, 0.3) is 0 Å². The summed E-state index contributed by atoms with van der Waals surface area (Å²) in [6, 6.07) is 13.9. The monoisotopic (exact) mass is 411 g/mol. The van der Waals surface area contributed by atoms with Crippen molar-refractivity contribution >= 4 is 11.7 Å². The van der Waals surface area contributed by atoms with Crippen LogP contribution in [0.2, 0.25) is 0 Å². The Kier molecular flexibility index (Phi) is 5.53. The fraction of sp³-hybridized carbons (Fsp3) is 0.261. The number of carbonyl (C=O) groups excluding carboxylic acids is 1. The Morgan fingerprint density at radius 2 is 1.40 bits per heavy atom. The standard InChI is InChI=1S/C23H20F3N3O/c24-23(25,26)20-8-6-17(7-9-20)16-2-4-18(5-3-16)21(30)19-10-14-29(15-11-19)22-27-12-1-13-28-22/h1-9,12-13,19H,10-11,14-15H2. The Morgan fingerprint density at radius 1 is 0.867 bits per heavy atom. The van der Waals surface area contributed by atoms with Crippen LogP contribution in [0.5, 0.6) is 0 Å². The molecule has 7 heteroatoms. The fourth-order valence-corrected chi connectivity index (χ4v) is 3.71. The van der Waals surface area contributed by atoms with E-state index in [-0.39, 0.29) is 11.7 Å². The maximum atomic E-state index is 12.9. The van der Waals surface area contributed by atoms with Gasteiger partial charge in [0.2, 0.25) is 5.95 Å². The molecule has 0 saturated carbocycles. The minimum Gasteiger partial charge on any atom is -0.341 e. The molecule has 0 unspecified atom stereocenters. The topological polar surface area (TPSA) is 46.1 Å². The average molecular weight is 411 g/mol. The zero-order valence-corrected chi connectivity index (χ0v) is 16.1. The molecule has 0 amide bonds. The smallest absolute Gasteiger partial charge is 0.341 e. The number of ketones is 1. The first-order chi connectivity index (χ1) is 14.4. The molecule has 0 aliphatic carbocycles. The second-order valence-electron chi connectivity index (χ2n) is 7.33. The van der Waals surface area contributed by atoms with Gasteiger partial charge in [-0.15, -0.1) is 0 Å².